The van der Waals surface area contributed by atoms with E-state index < -0.39 is 0 Å². The van der Waals surface area contributed by atoms with Gasteiger partial charge in [-0.15, -0.1) is 11.8 Å². The predicted molar refractivity (Wildman–Crippen MR) is 46.5 cm³/mol. The number of rotatable bonds is 1. The molecule has 0 N–H and O–H groups in total. The van der Waals surface area contributed by atoms with E-state index in [1.807, 2.05) is 6.26 Å². The minimum Gasteiger partial charge on any atom is -0.216 e. The molecule has 54 valence electrons. The van der Waals surface area contributed by atoms with Crippen LogP contribution in [0.5, 0.6) is 0 Å². The van der Waals surface area contributed by atoms with E-state index in [0.717, 1.165) is 5.03 Å². The first-order valence-corrected chi connectivity index (χ1v) is 4.86. The van der Waals surface area contributed by atoms with E-state index in [-0.39, 0.29) is 0 Å². The van der Waals surface area contributed by atoms with Gasteiger partial charge in [0.15, 0.2) is 4.73 Å². The monoisotopic (exact) mass is 238 g/mol. The second-order valence-corrected chi connectivity index (χ2v) is 3.43. The summed E-state index contributed by atoms with van der Waals surface area (Å²) in [6.07, 6.45) is 1.94. The lowest BCUT2D eigenvalue weighted by atomic mass is 10.7. The summed E-state index contributed by atoms with van der Waals surface area (Å²) in [5.74, 6) is 0. The minimum atomic E-state index is 0.464. The van der Waals surface area contributed by atoms with E-state index in [1.165, 1.54) is 11.8 Å². The van der Waals surface area contributed by atoms with Crippen LogP contribution in [0.15, 0.2) is 15.8 Å². The molecule has 0 aliphatic rings. The lowest BCUT2D eigenvalue weighted by Crippen LogP contribution is -1.84. The fourth-order valence-corrected chi connectivity index (χ4v) is 1.73. The number of nitrogens with zero attached hydrogens (tertiary/aromatic N) is 2. The van der Waals surface area contributed by atoms with E-state index in [1.54, 1.807) is 6.07 Å². The summed E-state index contributed by atoms with van der Waals surface area (Å²) < 4.78 is 0.532. The van der Waals surface area contributed by atoms with Gasteiger partial charge in [-0.05, 0) is 22.2 Å². The number of aromatic nitrogens is 2. The number of hydrogen-bond acceptors (Lipinski definition) is 3. The first-order chi connectivity index (χ1) is 4.72. The van der Waals surface area contributed by atoms with Gasteiger partial charge in [0.1, 0.15) is 10.2 Å². The summed E-state index contributed by atoms with van der Waals surface area (Å²) in [5, 5.41) is 1.33. The Morgan fingerprint density at radius 1 is 1.60 bits per heavy atom. The zero-order valence-corrected chi connectivity index (χ0v) is 8.29. The minimum absolute atomic E-state index is 0.464. The third-order valence-electron chi connectivity index (χ3n) is 0.853. The van der Waals surface area contributed by atoms with Crippen LogP contribution >= 0.6 is 39.3 Å². The molecule has 0 spiro atoms. The molecule has 0 fully saturated rings. The highest BCUT2D eigenvalue weighted by Gasteiger charge is 1.97. The molecule has 1 aromatic heterocycles. The number of halogens is 2. The van der Waals surface area contributed by atoms with Crippen molar-refractivity contribution in [3.63, 3.8) is 0 Å². The summed E-state index contributed by atoms with van der Waals surface area (Å²) in [7, 11) is 0. The van der Waals surface area contributed by atoms with Gasteiger partial charge in [0.2, 0.25) is 0 Å². The molecule has 0 aromatic carbocycles. The lowest BCUT2D eigenvalue weighted by Gasteiger charge is -1.95. The average molecular weight is 240 g/mol. The van der Waals surface area contributed by atoms with Gasteiger partial charge < -0.3 is 0 Å². The SMILES string of the molecule is CSc1cc(Cl)nc(Br)n1. The third-order valence-corrected chi connectivity index (χ3v) is 2.03. The van der Waals surface area contributed by atoms with E-state index >= 15 is 0 Å². The lowest BCUT2D eigenvalue weighted by molar-refractivity contribution is 1.01. The maximum absolute atomic E-state index is 5.63. The second kappa shape index (κ2) is 3.55. The van der Waals surface area contributed by atoms with Crippen LogP contribution in [0.1, 0.15) is 0 Å². The van der Waals surface area contributed by atoms with Crippen molar-refractivity contribution in [1.29, 1.82) is 0 Å². The van der Waals surface area contributed by atoms with Crippen molar-refractivity contribution in [3.05, 3.63) is 16.0 Å². The molecule has 1 heterocycles. The summed E-state index contributed by atoms with van der Waals surface area (Å²) >= 11 is 10.3. The van der Waals surface area contributed by atoms with Crippen LogP contribution < -0.4 is 0 Å². The molecule has 0 radical (unpaired) electrons. The normalized spacial score (nSPS) is 9.90. The Morgan fingerprint density at radius 3 is 2.80 bits per heavy atom. The summed E-state index contributed by atoms with van der Waals surface area (Å²) in [5.41, 5.74) is 0. The molecule has 0 aliphatic carbocycles. The van der Waals surface area contributed by atoms with Crippen molar-refractivity contribution < 1.29 is 0 Å². The Morgan fingerprint density at radius 2 is 2.30 bits per heavy atom. The van der Waals surface area contributed by atoms with Gasteiger partial charge in [0.25, 0.3) is 0 Å². The molecule has 1 aromatic rings. The summed E-state index contributed by atoms with van der Waals surface area (Å²) in [6.45, 7) is 0. The quantitative estimate of drug-likeness (QED) is 0.428. The molecule has 0 unspecified atom stereocenters. The Bertz CT molecular complexity index is 223. The largest absolute Gasteiger partial charge is 0.216 e. The van der Waals surface area contributed by atoms with Crippen LogP contribution in [0.3, 0.4) is 0 Å². The van der Waals surface area contributed by atoms with Gasteiger partial charge in [-0.25, -0.2) is 9.97 Å². The van der Waals surface area contributed by atoms with Crippen molar-refractivity contribution in [1.82, 2.24) is 9.97 Å². The van der Waals surface area contributed by atoms with Gasteiger partial charge in [-0.3, -0.25) is 0 Å². The molecule has 10 heavy (non-hydrogen) atoms. The summed E-state index contributed by atoms with van der Waals surface area (Å²) in [6, 6.07) is 1.72. The van der Waals surface area contributed by atoms with E-state index in [0.29, 0.717) is 9.89 Å². The Kier molecular flexibility index (Phi) is 2.95. The Balaban J connectivity index is 3.06. The molecule has 0 saturated carbocycles. The van der Waals surface area contributed by atoms with Crippen molar-refractivity contribution in [2.75, 3.05) is 6.26 Å². The molecular formula is C5H4BrClN2S. The maximum atomic E-state index is 5.63. The van der Waals surface area contributed by atoms with Crippen LogP contribution in [-0.4, -0.2) is 16.2 Å². The van der Waals surface area contributed by atoms with Crippen LogP contribution in [0.25, 0.3) is 0 Å². The number of hydrogen-bond donors (Lipinski definition) is 0. The van der Waals surface area contributed by atoms with Crippen molar-refractivity contribution >= 4 is 39.3 Å². The number of thioether (sulfide) groups is 1. The van der Waals surface area contributed by atoms with Gasteiger partial charge in [-0.1, -0.05) is 11.6 Å². The fraction of sp³-hybridized carbons (Fsp3) is 0.200. The highest BCUT2D eigenvalue weighted by Crippen LogP contribution is 2.17. The molecule has 0 saturated heterocycles. The van der Waals surface area contributed by atoms with E-state index in [9.17, 15) is 0 Å². The third kappa shape index (κ3) is 2.11. The van der Waals surface area contributed by atoms with Gasteiger partial charge >= 0.3 is 0 Å². The van der Waals surface area contributed by atoms with Gasteiger partial charge in [-0.2, -0.15) is 0 Å². The fourth-order valence-electron chi connectivity index (χ4n) is 0.475. The Labute approximate surface area is 76.5 Å². The molecule has 1 rings (SSSR count). The highest BCUT2D eigenvalue weighted by molar-refractivity contribution is 9.10. The smallest absolute Gasteiger partial charge is 0.199 e. The van der Waals surface area contributed by atoms with E-state index in [4.69, 9.17) is 11.6 Å². The van der Waals surface area contributed by atoms with Crippen molar-refractivity contribution in [2.45, 2.75) is 5.03 Å². The van der Waals surface area contributed by atoms with Crippen molar-refractivity contribution in [3.8, 4) is 0 Å². The second-order valence-electron chi connectivity index (χ2n) is 1.50. The molecule has 0 atom stereocenters. The topological polar surface area (TPSA) is 25.8 Å². The predicted octanol–water partition coefficient (Wildman–Crippen LogP) is 2.61. The highest BCUT2D eigenvalue weighted by atomic mass is 79.9. The average Bonchev–Trinajstić information content (AvgIpc) is 1.85. The van der Waals surface area contributed by atoms with E-state index in [2.05, 4.69) is 25.9 Å². The molecule has 0 bridgehead atoms. The van der Waals surface area contributed by atoms with Crippen LogP contribution in [-0.2, 0) is 0 Å². The van der Waals surface area contributed by atoms with Crippen LogP contribution in [0, 0.1) is 0 Å². The zero-order valence-electron chi connectivity index (χ0n) is 5.14. The molecule has 0 aliphatic heterocycles. The van der Waals surface area contributed by atoms with Gasteiger partial charge in [0, 0.05) is 6.07 Å². The van der Waals surface area contributed by atoms with Crippen LogP contribution in [0.2, 0.25) is 5.15 Å². The maximum Gasteiger partial charge on any atom is 0.199 e. The van der Waals surface area contributed by atoms with Gasteiger partial charge in [0.05, 0.1) is 0 Å². The first-order valence-electron chi connectivity index (χ1n) is 2.46. The molecule has 2 nitrogen and oxygen atoms in total. The molecule has 0 amide bonds. The Hall–Kier alpha value is 0.200. The van der Waals surface area contributed by atoms with Crippen molar-refractivity contribution in [2.24, 2.45) is 0 Å². The van der Waals surface area contributed by atoms with Crippen LogP contribution in [0.4, 0.5) is 0 Å². The molecule has 5 heteroatoms. The zero-order chi connectivity index (χ0) is 7.56. The first kappa shape index (κ1) is 8.30. The molecular weight excluding hydrogens is 235 g/mol. The standard InChI is InChI=1S/C5H4BrClN2S/c1-10-4-2-3(7)8-5(6)9-4/h2H,1H3. The summed E-state index contributed by atoms with van der Waals surface area (Å²) in [4.78, 5) is 7.88.